The zero-order valence-electron chi connectivity index (χ0n) is 17.2. The average Bonchev–Trinajstić information content (AvgIpc) is 2.86. The van der Waals surface area contributed by atoms with Crippen LogP contribution in [0, 0.1) is 5.41 Å². The minimum Gasteiger partial charge on any atom is -0.507 e. The second kappa shape index (κ2) is 7.63. The lowest BCUT2D eigenvalue weighted by atomic mass is 9.79. The molecule has 10 nitrogen and oxygen atoms in total. The van der Waals surface area contributed by atoms with Crippen molar-refractivity contribution < 1.29 is 45.3 Å². The second-order valence-corrected chi connectivity index (χ2v) is 8.60. The molecule has 2 aromatic carbocycles. The Morgan fingerprint density at radius 2 is 1.76 bits per heavy atom. The van der Waals surface area contributed by atoms with E-state index in [1.54, 1.807) is 0 Å². The Balaban J connectivity index is 2.06. The number of phenols is 1. The third-order valence-electron chi connectivity index (χ3n) is 6.71. The van der Waals surface area contributed by atoms with Gasteiger partial charge in [0.2, 0.25) is 5.79 Å². The van der Waals surface area contributed by atoms with Gasteiger partial charge in [-0.1, -0.05) is 12.1 Å². The Morgan fingerprint density at radius 1 is 1.09 bits per heavy atom. The number of aliphatic carboxylic acids is 2. The van der Waals surface area contributed by atoms with Crippen LogP contribution in [0.5, 0.6) is 5.75 Å². The van der Waals surface area contributed by atoms with Gasteiger partial charge in [-0.25, -0.2) is 0 Å². The monoisotopic (exact) mass is 458 g/mol. The van der Waals surface area contributed by atoms with Crippen molar-refractivity contribution in [3.63, 3.8) is 0 Å². The summed E-state index contributed by atoms with van der Waals surface area (Å²) in [5, 5.41) is 70.5. The van der Waals surface area contributed by atoms with Crippen LogP contribution in [0.2, 0.25) is 0 Å². The number of benzene rings is 1. The SMILES string of the molecule is O=C(O)C(CCO)(Cc1cc2c3c(ccc(O)c3c(=O)c1)C1CC(=C2)C(O)(O)C1O)C(=O)O. The van der Waals surface area contributed by atoms with Gasteiger partial charge < -0.3 is 35.7 Å². The molecule has 0 heterocycles. The van der Waals surface area contributed by atoms with Gasteiger partial charge in [0.15, 0.2) is 10.8 Å². The second-order valence-electron chi connectivity index (χ2n) is 8.60. The minimum atomic E-state index is -2.54. The minimum absolute atomic E-state index is 0.00597. The third kappa shape index (κ3) is 3.30. The van der Waals surface area contributed by atoms with Crippen molar-refractivity contribution in [2.75, 3.05) is 6.61 Å². The predicted molar refractivity (Wildman–Crippen MR) is 114 cm³/mol. The molecule has 2 aliphatic carbocycles. The molecule has 0 aromatic heterocycles. The van der Waals surface area contributed by atoms with E-state index in [4.69, 9.17) is 0 Å². The first-order valence-corrected chi connectivity index (χ1v) is 10.2. The lowest BCUT2D eigenvalue weighted by Gasteiger charge is -2.26. The van der Waals surface area contributed by atoms with E-state index in [1.807, 2.05) is 0 Å². The first-order valence-electron chi connectivity index (χ1n) is 10.2. The van der Waals surface area contributed by atoms with E-state index in [0.717, 1.165) is 6.07 Å². The lowest BCUT2D eigenvalue weighted by molar-refractivity contribution is -0.185. The zero-order valence-corrected chi connectivity index (χ0v) is 17.2. The van der Waals surface area contributed by atoms with Crippen LogP contribution in [0.15, 0.2) is 34.6 Å². The Kier molecular flexibility index (Phi) is 5.29. The fraction of sp³-hybridized carbons (Fsp3) is 0.348. The summed E-state index contributed by atoms with van der Waals surface area (Å²) in [6.07, 6.45) is -1.42. The van der Waals surface area contributed by atoms with Gasteiger partial charge in [0.1, 0.15) is 11.9 Å². The highest BCUT2D eigenvalue weighted by Gasteiger charge is 2.51. The Hall–Kier alpha value is -3.31. The fourth-order valence-electron chi connectivity index (χ4n) is 4.93. The number of rotatable bonds is 6. The molecule has 4 rings (SSSR count). The fourth-order valence-corrected chi connectivity index (χ4v) is 4.93. The van der Waals surface area contributed by atoms with Crippen LogP contribution in [0.4, 0.5) is 0 Å². The Labute approximate surface area is 186 Å². The van der Waals surface area contributed by atoms with Crippen LogP contribution in [-0.4, -0.2) is 66.2 Å². The van der Waals surface area contributed by atoms with Crippen molar-refractivity contribution in [2.24, 2.45) is 5.41 Å². The Morgan fingerprint density at radius 3 is 2.36 bits per heavy atom. The van der Waals surface area contributed by atoms with Crippen LogP contribution in [0.3, 0.4) is 0 Å². The molecule has 10 heteroatoms. The van der Waals surface area contributed by atoms with E-state index in [2.05, 4.69) is 0 Å². The summed E-state index contributed by atoms with van der Waals surface area (Å²) in [6, 6.07) is 5.11. The average molecular weight is 458 g/mol. The standard InChI is InChI=1S/C23H22O10/c24-4-3-22(20(28)29,21(30)31)9-10-5-11-7-12-8-14(19(27)23(12,32)33)13-1-2-15(25)18(17(11)13)16(26)6-10/h1-2,5-7,14,19,24-25,27,32-33H,3-4,8-9H2,(H,28,29)(H,30,31). The molecule has 0 aliphatic heterocycles. The third-order valence-corrected chi connectivity index (χ3v) is 6.71. The van der Waals surface area contributed by atoms with Gasteiger partial charge in [0, 0.05) is 17.9 Å². The number of carboxylic acids is 2. The Bertz CT molecular complexity index is 1260. The van der Waals surface area contributed by atoms with E-state index >= 15 is 0 Å². The molecule has 2 aromatic rings. The quantitative estimate of drug-likeness (QED) is 0.227. The van der Waals surface area contributed by atoms with Crippen LogP contribution in [0.1, 0.15) is 35.4 Å². The smallest absolute Gasteiger partial charge is 0.321 e. The molecule has 1 fully saturated rings. The predicted octanol–water partition coefficient (Wildman–Crippen LogP) is -0.0878. The molecule has 0 radical (unpaired) electrons. The number of phenolic OH excluding ortho intramolecular Hbond substituents is 1. The molecular weight excluding hydrogens is 436 g/mol. The molecule has 7 N–H and O–H groups in total. The number of fused-ring (bicyclic) bond motifs is 3. The molecule has 2 atom stereocenters. The maximum absolute atomic E-state index is 13.1. The molecular formula is C23H22O10. The van der Waals surface area contributed by atoms with Gasteiger partial charge in [-0.3, -0.25) is 14.4 Å². The van der Waals surface area contributed by atoms with Crippen LogP contribution >= 0.6 is 0 Å². The van der Waals surface area contributed by atoms with Crippen molar-refractivity contribution in [1.82, 2.24) is 0 Å². The van der Waals surface area contributed by atoms with Gasteiger partial charge in [-0.2, -0.15) is 0 Å². The van der Waals surface area contributed by atoms with E-state index < -0.39 is 60.0 Å². The zero-order chi connectivity index (χ0) is 24.3. The molecule has 0 spiro atoms. The van der Waals surface area contributed by atoms with Crippen molar-refractivity contribution in [3.05, 3.63) is 56.8 Å². The number of aromatic hydroxyl groups is 1. The summed E-state index contributed by atoms with van der Waals surface area (Å²) in [6.45, 7) is -0.720. The van der Waals surface area contributed by atoms with E-state index in [1.165, 1.54) is 24.3 Å². The molecule has 2 unspecified atom stereocenters. The highest BCUT2D eigenvalue weighted by atomic mass is 16.5. The van der Waals surface area contributed by atoms with Gasteiger partial charge in [-0.15, -0.1) is 0 Å². The number of aliphatic hydroxyl groups excluding tert-OH is 2. The summed E-state index contributed by atoms with van der Waals surface area (Å²) in [4.78, 5) is 36.9. The number of carbonyl (C=O) groups is 2. The molecule has 33 heavy (non-hydrogen) atoms. The summed E-state index contributed by atoms with van der Waals surface area (Å²) in [5.74, 6) is -7.07. The highest BCUT2D eigenvalue weighted by molar-refractivity contribution is 6.00. The van der Waals surface area contributed by atoms with Crippen LogP contribution in [-0.2, 0) is 16.0 Å². The summed E-state index contributed by atoms with van der Waals surface area (Å²) in [5.41, 5.74) is -2.43. The summed E-state index contributed by atoms with van der Waals surface area (Å²) in [7, 11) is 0. The number of hydrogen-bond acceptors (Lipinski definition) is 8. The first-order chi connectivity index (χ1) is 15.4. The maximum atomic E-state index is 13.1. The maximum Gasteiger partial charge on any atom is 0.321 e. The lowest BCUT2D eigenvalue weighted by Crippen LogP contribution is -2.42. The molecule has 2 bridgehead atoms. The van der Waals surface area contributed by atoms with Gasteiger partial charge in [0.05, 0.1) is 5.39 Å². The highest BCUT2D eigenvalue weighted by Crippen LogP contribution is 2.50. The van der Waals surface area contributed by atoms with Gasteiger partial charge in [0.25, 0.3) is 0 Å². The molecule has 0 saturated heterocycles. The summed E-state index contributed by atoms with van der Waals surface area (Å²) >= 11 is 0. The van der Waals surface area contributed by atoms with Crippen molar-refractivity contribution >= 4 is 28.8 Å². The van der Waals surface area contributed by atoms with E-state index in [0.29, 0.717) is 5.56 Å². The van der Waals surface area contributed by atoms with Gasteiger partial charge >= 0.3 is 11.9 Å². The molecule has 1 saturated carbocycles. The molecule has 174 valence electrons. The van der Waals surface area contributed by atoms with E-state index in [-0.39, 0.29) is 39.6 Å². The number of aliphatic hydroxyl groups is 4. The largest absolute Gasteiger partial charge is 0.507 e. The first kappa shape index (κ1) is 22.9. The molecule has 0 amide bonds. The van der Waals surface area contributed by atoms with Crippen molar-refractivity contribution in [3.8, 4) is 5.75 Å². The van der Waals surface area contributed by atoms with Gasteiger partial charge in [-0.05, 0) is 59.7 Å². The molecule has 2 aliphatic rings. The van der Waals surface area contributed by atoms with Crippen molar-refractivity contribution in [2.45, 2.75) is 37.1 Å². The van der Waals surface area contributed by atoms with Crippen LogP contribution in [0.25, 0.3) is 16.8 Å². The number of hydrogen-bond donors (Lipinski definition) is 7. The normalized spacial score (nSPS) is 20.9. The van der Waals surface area contributed by atoms with E-state index in [9.17, 15) is 50.1 Å². The number of carboxylic acid groups (broad SMARTS) is 2. The van der Waals surface area contributed by atoms with Crippen molar-refractivity contribution in [1.29, 1.82) is 0 Å². The summed E-state index contributed by atoms with van der Waals surface area (Å²) < 4.78 is 0. The van der Waals surface area contributed by atoms with Crippen LogP contribution < -0.4 is 5.43 Å². The topological polar surface area (TPSA) is 193 Å².